The van der Waals surface area contributed by atoms with E-state index in [1.54, 1.807) is 42.3 Å². The van der Waals surface area contributed by atoms with E-state index < -0.39 is 0 Å². The molecule has 1 aromatic heterocycles. The highest BCUT2D eigenvalue weighted by Gasteiger charge is 2.20. The first-order valence-corrected chi connectivity index (χ1v) is 14.2. The average Bonchev–Trinajstić information content (AvgIpc) is 3.00. The van der Waals surface area contributed by atoms with Crippen LogP contribution in [0.15, 0.2) is 64.5 Å². The third kappa shape index (κ3) is 6.17. The fraction of sp³-hybridized carbons (Fsp3) is 0.312. The molecule has 1 saturated heterocycles. The van der Waals surface area contributed by atoms with Crippen molar-refractivity contribution < 1.29 is 19.0 Å². The molecule has 1 aliphatic rings. The Balaban J connectivity index is 1.58. The number of ether oxygens (including phenoxy) is 3. The van der Waals surface area contributed by atoms with Gasteiger partial charge in [0.2, 0.25) is 0 Å². The summed E-state index contributed by atoms with van der Waals surface area (Å²) in [4.78, 5) is 33.1. The second-order valence-corrected chi connectivity index (χ2v) is 10.8. The summed E-state index contributed by atoms with van der Waals surface area (Å²) in [6.07, 6.45) is 1.50. The molecule has 1 fully saturated rings. The van der Waals surface area contributed by atoms with Gasteiger partial charge in [-0.15, -0.1) is 0 Å². The van der Waals surface area contributed by atoms with Crippen LogP contribution < -0.4 is 15.0 Å². The zero-order valence-corrected chi connectivity index (χ0v) is 24.9. The van der Waals surface area contributed by atoms with Crippen LogP contribution in [0.1, 0.15) is 36.5 Å². The van der Waals surface area contributed by atoms with Crippen LogP contribution in [-0.2, 0) is 9.53 Å². The van der Waals surface area contributed by atoms with Gasteiger partial charge in [0, 0.05) is 29.2 Å². The summed E-state index contributed by atoms with van der Waals surface area (Å²) in [7, 11) is 1.65. The molecular weight excluding hydrogens is 556 g/mol. The normalized spacial score (nSPS) is 13.7. The number of hydrogen-bond donors (Lipinski definition) is 0. The highest BCUT2D eigenvalue weighted by molar-refractivity contribution is 6.30. The van der Waals surface area contributed by atoms with Crippen molar-refractivity contribution in [3.05, 3.63) is 86.7 Å². The summed E-state index contributed by atoms with van der Waals surface area (Å²) in [6.45, 7) is 8.05. The Morgan fingerprint density at radius 1 is 1.12 bits per heavy atom. The van der Waals surface area contributed by atoms with Gasteiger partial charge >= 0.3 is 0 Å². The number of methoxy groups -OCH3 is 1. The molecule has 1 aliphatic heterocycles. The summed E-state index contributed by atoms with van der Waals surface area (Å²) in [5.41, 5.74) is 3.40. The van der Waals surface area contributed by atoms with Crippen LogP contribution in [0.2, 0.25) is 5.02 Å². The zero-order chi connectivity index (χ0) is 29.8. The summed E-state index contributed by atoms with van der Waals surface area (Å²) in [5.74, 6) is 1.62. The van der Waals surface area contributed by atoms with E-state index in [2.05, 4.69) is 18.9 Å². The standard InChI is InChI=1S/C32H33ClN4O5/c1-20(2)25-17-26(21(3)15-29(25)40-4)31-35-27-8-6-5-7-24(27)32(39)37(31)34-18-22-16-23(33)9-10-28(22)42-19-30(38)36-11-13-41-14-12-36/h5-10,15-18,20H,11-14,19H2,1-4H3. The maximum atomic E-state index is 13.8. The minimum Gasteiger partial charge on any atom is -0.496 e. The van der Waals surface area contributed by atoms with Crippen LogP contribution >= 0.6 is 11.6 Å². The van der Waals surface area contributed by atoms with Crippen molar-refractivity contribution >= 4 is 34.6 Å². The van der Waals surface area contributed by atoms with Gasteiger partial charge in [0.05, 0.1) is 37.4 Å². The predicted molar refractivity (Wildman–Crippen MR) is 164 cm³/mol. The number of para-hydroxylation sites is 1. The van der Waals surface area contributed by atoms with Gasteiger partial charge in [-0.3, -0.25) is 9.59 Å². The molecule has 42 heavy (non-hydrogen) atoms. The Hall–Kier alpha value is -4.21. The lowest BCUT2D eigenvalue weighted by molar-refractivity contribution is -0.137. The molecule has 5 rings (SSSR count). The molecular formula is C32H33ClN4O5. The van der Waals surface area contributed by atoms with Gasteiger partial charge in [-0.2, -0.15) is 9.78 Å². The number of fused-ring (bicyclic) bond motifs is 1. The minimum absolute atomic E-state index is 0.135. The number of hydrogen-bond acceptors (Lipinski definition) is 7. The number of aromatic nitrogens is 2. The predicted octanol–water partition coefficient (Wildman–Crippen LogP) is 5.28. The SMILES string of the molecule is COc1cc(C)c(-c2nc3ccccc3c(=O)n2N=Cc2cc(Cl)ccc2OCC(=O)N2CCOCC2)cc1C(C)C. The number of carbonyl (C=O) groups excluding carboxylic acids is 1. The second kappa shape index (κ2) is 12.8. The molecule has 3 aromatic carbocycles. The van der Waals surface area contributed by atoms with E-state index in [4.69, 9.17) is 30.8 Å². The number of halogens is 1. The van der Waals surface area contributed by atoms with Gasteiger partial charge in [-0.05, 0) is 66.4 Å². The van der Waals surface area contributed by atoms with Crippen LogP contribution in [0.3, 0.4) is 0 Å². The van der Waals surface area contributed by atoms with Gasteiger partial charge in [-0.25, -0.2) is 4.98 Å². The van der Waals surface area contributed by atoms with Crippen molar-refractivity contribution in [3.8, 4) is 22.9 Å². The fourth-order valence-electron chi connectivity index (χ4n) is 4.89. The van der Waals surface area contributed by atoms with Gasteiger partial charge in [0.25, 0.3) is 11.5 Å². The molecule has 9 nitrogen and oxygen atoms in total. The molecule has 4 aromatic rings. The van der Waals surface area contributed by atoms with E-state index in [0.29, 0.717) is 59.4 Å². The largest absolute Gasteiger partial charge is 0.496 e. The number of carbonyl (C=O) groups is 1. The molecule has 0 aliphatic carbocycles. The van der Waals surface area contributed by atoms with Gasteiger partial charge in [0.1, 0.15) is 11.5 Å². The number of morpholine rings is 1. The number of rotatable bonds is 8. The van der Waals surface area contributed by atoms with Crippen LogP contribution in [0.25, 0.3) is 22.3 Å². The first kappa shape index (κ1) is 29.3. The first-order valence-electron chi connectivity index (χ1n) is 13.8. The van der Waals surface area contributed by atoms with Crippen molar-refractivity contribution in [2.75, 3.05) is 40.0 Å². The van der Waals surface area contributed by atoms with E-state index >= 15 is 0 Å². The molecule has 0 spiro atoms. The van der Waals surface area contributed by atoms with Crippen molar-refractivity contribution in [3.63, 3.8) is 0 Å². The average molecular weight is 589 g/mol. The lowest BCUT2D eigenvalue weighted by Gasteiger charge is -2.26. The quantitative estimate of drug-likeness (QED) is 0.260. The monoisotopic (exact) mass is 588 g/mol. The van der Waals surface area contributed by atoms with Crippen molar-refractivity contribution in [1.82, 2.24) is 14.6 Å². The third-order valence-corrected chi connectivity index (χ3v) is 7.43. The lowest BCUT2D eigenvalue weighted by Crippen LogP contribution is -2.43. The number of benzene rings is 3. The summed E-state index contributed by atoms with van der Waals surface area (Å²) in [5, 5.41) is 5.51. The molecule has 0 saturated carbocycles. The van der Waals surface area contributed by atoms with E-state index in [1.165, 1.54) is 10.9 Å². The Labute approximate surface area is 249 Å². The van der Waals surface area contributed by atoms with Crippen molar-refractivity contribution in [2.24, 2.45) is 5.10 Å². The molecule has 0 N–H and O–H groups in total. The summed E-state index contributed by atoms with van der Waals surface area (Å²) < 4.78 is 18.2. The molecule has 1 amide bonds. The first-order chi connectivity index (χ1) is 20.3. The van der Waals surface area contributed by atoms with Crippen molar-refractivity contribution in [1.29, 1.82) is 0 Å². The lowest BCUT2D eigenvalue weighted by atomic mass is 9.96. The number of amides is 1. The van der Waals surface area contributed by atoms with Crippen molar-refractivity contribution in [2.45, 2.75) is 26.7 Å². The molecule has 0 radical (unpaired) electrons. The summed E-state index contributed by atoms with van der Waals surface area (Å²) >= 11 is 6.32. The number of nitrogens with zero attached hydrogens (tertiary/aromatic N) is 4. The third-order valence-electron chi connectivity index (χ3n) is 7.19. The topological polar surface area (TPSA) is 95.2 Å². The maximum Gasteiger partial charge on any atom is 0.282 e. The number of aryl methyl sites for hydroxylation is 1. The van der Waals surface area contributed by atoms with Crippen LogP contribution in [0.4, 0.5) is 0 Å². The van der Waals surface area contributed by atoms with Crippen LogP contribution in [0, 0.1) is 6.92 Å². The highest BCUT2D eigenvalue weighted by atomic mass is 35.5. The molecule has 218 valence electrons. The van der Waals surface area contributed by atoms with Gasteiger partial charge in [-0.1, -0.05) is 37.6 Å². The van der Waals surface area contributed by atoms with E-state index in [9.17, 15) is 9.59 Å². The zero-order valence-electron chi connectivity index (χ0n) is 24.1. The fourth-order valence-corrected chi connectivity index (χ4v) is 5.07. The van der Waals surface area contributed by atoms with E-state index in [0.717, 1.165) is 22.4 Å². The molecule has 0 atom stereocenters. The second-order valence-electron chi connectivity index (χ2n) is 10.3. The summed E-state index contributed by atoms with van der Waals surface area (Å²) in [6, 6.07) is 16.2. The van der Waals surface area contributed by atoms with E-state index in [-0.39, 0.29) is 24.0 Å². The minimum atomic E-state index is -0.319. The molecule has 0 bridgehead atoms. The van der Waals surface area contributed by atoms with Gasteiger partial charge < -0.3 is 19.1 Å². The Morgan fingerprint density at radius 3 is 2.62 bits per heavy atom. The smallest absolute Gasteiger partial charge is 0.282 e. The van der Waals surface area contributed by atoms with Crippen LogP contribution in [0.5, 0.6) is 11.5 Å². The van der Waals surface area contributed by atoms with Crippen LogP contribution in [-0.4, -0.2) is 66.7 Å². The Kier molecular flexibility index (Phi) is 8.89. The molecule has 10 heteroatoms. The van der Waals surface area contributed by atoms with E-state index in [1.807, 2.05) is 31.2 Å². The highest BCUT2D eigenvalue weighted by Crippen LogP contribution is 2.34. The van der Waals surface area contributed by atoms with Gasteiger partial charge in [0.15, 0.2) is 12.4 Å². The Bertz CT molecular complexity index is 1710. The molecule has 2 heterocycles. The maximum absolute atomic E-state index is 13.8. The Morgan fingerprint density at radius 2 is 1.88 bits per heavy atom. The molecule has 0 unspecified atom stereocenters.